The molecule has 0 aliphatic carbocycles. The first-order chi connectivity index (χ1) is 8.56. The standard InChI is InChI=1S/C16H22N2/c1-6-14-10-15(7-2)18(17-14)16-12(4)8-11(3)9-13(16)5/h8-10H,6-7H2,1-5H3. The summed E-state index contributed by atoms with van der Waals surface area (Å²) in [5, 5.41) is 4.74. The Kier molecular flexibility index (Phi) is 3.55. The van der Waals surface area contributed by atoms with Gasteiger partial charge in [-0.15, -0.1) is 0 Å². The van der Waals surface area contributed by atoms with E-state index in [9.17, 15) is 0 Å². The normalized spacial score (nSPS) is 10.9. The van der Waals surface area contributed by atoms with Crippen LogP contribution in [0.3, 0.4) is 0 Å². The predicted octanol–water partition coefficient (Wildman–Crippen LogP) is 3.92. The highest BCUT2D eigenvalue weighted by Gasteiger charge is 2.12. The topological polar surface area (TPSA) is 17.8 Å². The smallest absolute Gasteiger partial charge is 0.0707 e. The Labute approximate surface area is 110 Å². The first-order valence-corrected chi connectivity index (χ1v) is 6.72. The highest BCUT2D eigenvalue weighted by Crippen LogP contribution is 2.23. The van der Waals surface area contributed by atoms with E-state index in [2.05, 4.69) is 57.5 Å². The zero-order valence-corrected chi connectivity index (χ0v) is 12.0. The van der Waals surface area contributed by atoms with Crippen molar-refractivity contribution in [2.45, 2.75) is 47.5 Å². The summed E-state index contributed by atoms with van der Waals surface area (Å²) in [4.78, 5) is 0. The summed E-state index contributed by atoms with van der Waals surface area (Å²) in [5.41, 5.74) is 7.63. The molecule has 96 valence electrons. The van der Waals surface area contributed by atoms with Crippen molar-refractivity contribution in [3.8, 4) is 5.69 Å². The predicted molar refractivity (Wildman–Crippen MR) is 76.5 cm³/mol. The summed E-state index contributed by atoms with van der Waals surface area (Å²) in [6.45, 7) is 10.8. The lowest BCUT2D eigenvalue weighted by atomic mass is 10.0. The van der Waals surface area contributed by atoms with Gasteiger partial charge in [0.25, 0.3) is 0 Å². The summed E-state index contributed by atoms with van der Waals surface area (Å²) < 4.78 is 2.13. The van der Waals surface area contributed by atoms with E-state index in [4.69, 9.17) is 5.10 Å². The third-order valence-electron chi connectivity index (χ3n) is 3.41. The Morgan fingerprint density at radius 3 is 2.06 bits per heavy atom. The van der Waals surface area contributed by atoms with Crippen LogP contribution in [0.25, 0.3) is 5.69 Å². The fraction of sp³-hybridized carbons (Fsp3) is 0.438. The molecule has 18 heavy (non-hydrogen) atoms. The van der Waals surface area contributed by atoms with E-state index >= 15 is 0 Å². The van der Waals surface area contributed by atoms with Gasteiger partial charge in [-0.3, -0.25) is 0 Å². The summed E-state index contributed by atoms with van der Waals surface area (Å²) in [6, 6.07) is 6.68. The third-order valence-corrected chi connectivity index (χ3v) is 3.41. The Morgan fingerprint density at radius 1 is 0.944 bits per heavy atom. The van der Waals surface area contributed by atoms with Gasteiger partial charge in [0, 0.05) is 5.69 Å². The van der Waals surface area contributed by atoms with E-state index in [0.717, 1.165) is 12.8 Å². The molecule has 2 rings (SSSR count). The lowest BCUT2D eigenvalue weighted by Gasteiger charge is -2.13. The Bertz CT molecular complexity index is 541. The molecule has 1 aromatic carbocycles. The molecule has 0 saturated heterocycles. The average Bonchev–Trinajstić information content (AvgIpc) is 2.71. The maximum Gasteiger partial charge on any atom is 0.0707 e. The van der Waals surface area contributed by atoms with Gasteiger partial charge in [0.1, 0.15) is 0 Å². The van der Waals surface area contributed by atoms with Gasteiger partial charge in [-0.25, -0.2) is 4.68 Å². The minimum Gasteiger partial charge on any atom is -0.237 e. The van der Waals surface area contributed by atoms with Crippen LogP contribution in [0.2, 0.25) is 0 Å². The molecule has 2 heteroatoms. The largest absolute Gasteiger partial charge is 0.237 e. The molecule has 0 atom stereocenters. The van der Waals surface area contributed by atoms with Crippen molar-refractivity contribution in [2.24, 2.45) is 0 Å². The number of aromatic nitrogens is 2. The molecule has 0 saturated carbocycles. The fourth-order valence-electron chi connectivity index (χ4n) is 2.60. The van der Waals surface area contributed by atoms with Crippen molar-refractivity contribution in [3.05, 3.63) is 46.3 Å². The van der Waals surface area contributed by atoms with Crippen molar-refractivity contribution < 1.29 is 0 Å². The first-order valence-electron chi connectivity index (χ1n) is 6.72. The molecule has 1 aromatic heterocycles. The lowest BCUT2D eigenvalue weighted by Crippen LogP contribution is -2.06. The van der Waals surface area contributed by atoms with Crippen LogP contribution in [0.5, 0.6) is 0 Å². The van der Waals surface area contributed by atoms with E-state index < -0.39 is 0 Å². The minimum atomic E-state index is 0.990. The summed E-state index contributed by atoms with van der Waals surface area (Å²) >= 11 is 0. The monoisotopic (exact) mass is 242 g/mol. The SMILES string of the molecule is CCc1cc(CC)n(-c2c(C)cc(C)cc2C)n1. The van der Waals surface area contributed by atoms with E-state index in [1.807, 2.05) is 0 Å². The van der Waals surface area contributed by atoms with Gasteiger partial charge in [0.15, 0.2) is 0 Å². The van der Waals surface area contributed by atoms with Crippen LogP contribution in [0.4, 0.5) is 0 Å². The summed E-state index contributed by atoms with van der Waals surface area (Å²) in [7, 11) is 0. The lowest BCUT2D eigenvalue weighted by molar-refractivity contribution is 0.784. The van der Waals surface area contributed by atoms with Crippen LogP contribution in [0, 0.1) is 20.8 Å². The first kappa shape index (κ1) is 12.9. The third kappa shape index (κ3) is 2.20. The molecule has 0 aliphatic rings. The van der Waals surface area contributed by atoms with E-state index in [0.29, 0.717) is 0 Å². The van der Waals surface area contributed by atoms with Crippen LogP contribution in [-0.2, 0) is 12.8 Å². The zero-order chi connectivity index (χ0) is 13.3. The van der Waals surface area contributed by atoms with Gasteiger partial charge in [-0.05, 0) is 50.8 Å². The number of nitrogens with zero attached hydrogens (tertiary/aromatic N) is 2. The van der Waals surface area contributed by atoms with Crippen LogP contribution in [-0.4, -0.2) is 9.78 Å². The van der Waals surface area contributed by atoms with Gasteiger partial charge < -0.3 is 0 Å². The van der Waals surface area contributed by atoms with Gasteiger partial charge in [0.05, 0.1) is 11.4 Å². The molecule has 0 radical (unpaired) electrons. The number of hydrogen-bond donors (Lipinski definition) is 0. The fourth-order valence-corrected chi connectivity index (χ4v) is 2.60. The second kappa shape index (κ2) is 4.97. The number of rotatable bonds is 3. The van der Waals surface area contributed by atoms with E-state index in [1.54, 1.807) is 0 Å². The molecule has 2 aromatic rings. The highest BCUT2D eigenvalue weighted by atomic mass is 15.3. The quantitative estimate of drug-likeness (QED) is 0.797. The molecule has 0 spiro atoms. The van der Waals surface area contributed by atoms with Crippen molar-refractivity contribution in [3.63, 3.8) is 0 Å². The molecule has 0 unspecified atom stereocenters. The van der Waals surface area contributed by atoms with Gasteiger partial charge in [0.2, 0.25) is 0 Å². The van der Waals surface area contributed by atoms with Crippen LogP contribution in [0.15, 0.2) is 18.2 Å². The molecule has 0 fully saturated rings. The average molecular weight is 242 g/mol. The Morgan fingerprint density at radius 2 is 1.56 bits per heavy atom. The maximum absolute atomic E-state index is 4.74. The highest BCUT2D eigenvalue weighted by molar-refractivity contribution is 5.49. The van der Waals surface area contributed by atoms with Crippen molar-refractivity contribution in [1.29, 1.82) is 0 Å². The number of aryl methyl sites for hydroxylation is 5. The molecule has 2 nitrogen and oxygen atoms in total. The Balaban J connectivity index is 2.64. The van der Waals surface area contributed by atoms with Gasteiger partial charge in [-0.2, -0.15) is 5.10 Å². The molecule has 0 aliphatic heterocycles. The summed E-state index contributed by atoms with van der Waals surface area (Å²) in [6.07, 6.45) is 2.00. The van der Waals surface area contributed by atoms with Gasteiger partial charge in [-0.1, -0.05) is 31.5 Å². The van der Waals surface area contributed by atoms with Crippen LogP contribution >= 0.6 is 0 Å². The van der Waals surface area contributed by atoms with Crippen molar-refractivity contribution in [2.75, 3.05) is 0 Å². The van der Waals surface area contributed by atoms with Crippen LogP contribution < -0.4 is 0 Å². The molecule has 0 amide bonds. The summed E-state index contributed by atoms with van der Waals surface area (Å²) in [5.74, 6) is 0. The molecule has 0 N–H and O–H groups in total. The van der Waals surface area contributed by atoms with Crippen molar-refractivity contribution in [1.82, 2.24) is 9.78 Å². The number of hydrogen-bond acceptors (Lipinski definition) is 1. The molecule has 0 bridgehead atoms. The molecule has 1 heterocycles. The molecular formula is C16H22N2. The zero-order valence-electron chi connectivity index (χ0n) is 12.0. The van der Waals surface area contributed by atoms with E-state index in [-0.39, 0.29) is 0 Å². The van der Waals surface area contributed by atoms with Crippen molar-refractivity contribution >= 4 is 0 Å². The second-order valence-electron chi connectivity index (χ2n) is 4.99. The maximum atomic E-state index is 4.74. The van der Waals surface area contributed by atoms with Gasteiger partial charge >= 0.3 is 0 Å². The Hall–Kier alpha value is -1.57. The minimum absolute atomic E-state index is 0.990. The van der Waals surface area contributed by atoms with Crippen LogP contribution in [0.1, 0.15) is 41.9 Å². The van der Waals surface area contributed by atoms with E-state index in [1.165, 1.54) is 33.8 Å². The molecular weight excluding hydrogens is 220 g/mol. The number of benzene rings is 1. The second-order valence-corrected chi connectivity index (χ2v) is 4.99.